The maximum Gasteiger partial charge on any atom is 0.226 e. The molecule has 2 fully saturated rings. The van der Waals surface area contributed by atoms with Crippen LogP contribution in [0.2, 0.25) is 5.02 Å². The van der Waals surface area contributed by atoms with Gasteiger partial charge in [0, 0.05) is 30.6 Å². The lowest BCUT2D eigenvalue weighted by atomic mass is 10.0. The van der Waals surface area contributed by atoms with Gasteiger partial charge in [0.1, 0.15) is 0 Å². The van der Waals surface area contributed by atoms with Crippen molar-refractivity contribution in [2.45, 2.75) is 26.3 Å². The number of benzene rings is 1. The molecule has 1 aliphatic carbocycles. The minimum absolute atomic E-state index is 0.103. The van der Waals surface area contributed by atoms with Crippen LogP contribution in [0.25, 0.3) is 0 Å². The van der Waals surface area contributed by atoms with Gasteiger partial charge in [-0.3, -0.25) is 4.79 Å². The van der Waals surface area contributed by atoms with E-state index in [2.05, 4.69) is 25.2 Å². The molecule has 2 aliphatic rings. The van der Waals surface area contributed by atoms with E-state index in [9.17, 15) is 4.79 Å². The number of nitrogens with one attached hydrogen (secondary N) is 1. The van der Waals surface area contributed by atoms with Crippen LogP contribution in [0, 0.1) is 11.3 Å². The molecule has 1 saturated heterocycles. The summed E-state index contributed by atoms with van der Waals surface area (Å²) < 4.78 is 0. The van der Waals surface area contributed by atoms with Crippen molar-refractivity contribution in [3.8, 4) is 0 Å². The zero-order valence-electron chi connectivity index (χ0n) is 12.0. The first-order valence-electron chi connectivity index (χ1n) is 7.26. The van der Waals surface area contributed by atoms with Gasteiger partial charge in [-0.25, -0.2) is 0 Å². The molecule has 4 heteroatoms. The quantitative estimate of drug-likeness (QED) is 0.909. The second kappa shape index (κ2) is 5.05. The van der Waals surface area contributed by atoms with E-state index < -0.39 is 0 Å². The lowest BCUT2D eigenvalue weighted by molar-refractivity contribution is -0.136. The molecule has 2 atom stereocenters. The molecule has 1 amide bonds. The fourth-order valence-electron chi connectivity index (χ4n) is 3.07. The molecule has 1 saturated carbocycles. The number of rotatable bonds is 2. The summed E-state index contributed by atoms with van der Waals surface area (Å²) in [6, 6.07) is 7.96. The number of carbonyl (C=O) groups excluding carboxylic acids is 1. The van der Waals surface area contributed by atoms with Crippen LogP contribution in [0.15, 0.2) is 24.3 Å². The van der Waals surface area contributed by atoms with Gasteiger partial charge in [0.2, 0.25) is 5.91 Å². The van der Waals surface area contributed by atoms with Crippen LogP contribution in [0.1, 0.15) is 31.9 Å². The summed E-state index contributed by atoms with van der Waals surface area (Å²) in [6.45, 7) is 6.80. The zero-order chi connectivity index (χ0) is 14.3. The largest absolute Gasteiger partial charge is 0.333 e. The summed E-state index contributed by atoms with van der Waals surface area (Å²) in [5, 5.41) is 4.11. The summed E-state index contributed by atoms with van der Waals surface area (Å²) in [5.74, 6) is 0.503. The van der Waals surface area contributed by atoms with Gasteiger partial charge >= 0.3 is 0 Å². The maximum atomic E-state index is 12.7. The summed E-state index contributed by atoms with van der Waals surface area (Å²) in [4.78, 5) is 14.8. The summed E-state index contributed by atoms with van der Waals surface area (Å²) in [5.41, 5.74) is 1.30. The summed E-state index contributed by atoms with van der Waals surface area (Å²) >= 11 is 6.09. The van der Waals surface area contributed by atoms with Crippen LogP contribution in [-0.2, 0) is 4.79 Å². The molecule has 1 heterocycles. The molecule has 0 aromatic heterocycles. The topological polar surface area (TPSA) is 32.3 Å². The molecule has 1 aromatic carbocycles. The van der Waals surface area contributed by atoms with Crippen molar-refractivity contribution in [1.29, 1.82) is 0 Å². The Balaban J connectivity index is 1.83. The first-order valence-corrected chi connectivity index (χ1v) is 7.63. The molecule has 20 heavy (non-hydrogen) atoms. The van der Waals surface area contributed by atoms with E-state index in [0.717, 1.165) is 36.6 Å². The van der Waals surface area contributed by atoms with E-state index in [-0.39, 0.29) is 17.4 Å². The molecular weight excluding hydrogens is 272 g/mol. The third-order valence-corrected chi connectivity index (χ3v) is 4.81. The van der Waals surface area contributed by atoms with E-state index in [1.165, 1.54) is 0 Å². The maximum absolute atomic E-state index is 12.7. The van der Waals surface area contributed by atoms with Gasteiger partial charge in [0.15, 0.2) is 0 Å². The number of halogens is 1. The minimum atomic E-state index is 0.103. The average molecular weight is 293 g/mol. The van der Waals surface area contributed by atoms with Crippen LogP contribution in [-0.4, -0.2) is 30.4 Å². The van der Waals surface area contributed by atoms with Crippen LogP contribution >= 0.6 is 11.6 Å². The molecule has 2 unspecified atom stereocenters. The Bertz CT molecular complexity index is 529. The Kier molecular flexibility index (Phi) is 3.51. The van der Waals surface area contributed by atoms with Crippen LogP contribution in [0.4, 0.5) is 0 Å². The standard InChI is InChI=1S/C16H21ClN2O/c1-16(2)9-13(16)15(20)19-7-6-18-10-14(19)11-4-3-5-12(17)8-11/h3-5,8,13-14,18H,6-7,9-10H2,1-2H3. The van der Waals surface area contributed by atoms with Crippen molar-refractivity contribution in [1.82, 2.24) is 10.2 Å². The minimum Gasteiger partial charge on any atom is -0.333 e. The molecule has 3 rings (SSSR count). The molecule has 108 valence electrons. The predicted molar refractivity (Wildman–Crippen MR) is 80.7 cm³/mol. The van der Waals surface area contributed by atoms with E-state index in [1.54, 1.807) is 0 Å². The highest BCUT2D eigenvalue weighted by atomic mass is 35.5. The molecule has 0 spiro atoms. The molecule has 1 aliphatic heterocycles. The normalized spacial score (nSPS) is 28.2. The highest BCUT2D eigenvalue weighted by molar-refractivity contribution is 6.30. The van der Waals surface area contributed by atoms with Crippen molar-refractivity contribution in [3.63, 3.8) is 0 Å². The monoisotopic (exact) mass is 292 g/mol. The molecule has 3 nitrogen and oxygen atoms in total. The van der Waals surface area contributed by atoms with Crippen LogP contribution < -0.4 is 5.32 Å². The summed E-state index contributed by atoms with van der Waals surface area (Å²) in [6.07, 6.45) is 1.01. The number of hydrogen-bond acceptors (Lipinski definition) is 2. The SMILES string of the molecule is CC1(C)CC1C(=O)N1CCNCC1c1cccc(Cl)c1. The highest BCUT2D eigenvalue weighted by Gasteiger charge is 2.52. The second-order valence-electron chi connectivity index (χ2n) is 6.55. The van der Waals surface area contributed by atoms with Crippen molar-refractivity contribution in [2.75, 3.05) is 19.6 Å². The molecular formula is C16H21ClN2O. The number of amides is 1. The fourth-order valence-corrected chi connectivity index (χ4v) is 3.27. The van der Waals surface area contributed by atoms with Gasteiger partial charge in [-0.1, -0.05) is 37.6 Å². The Hall–Kier alpha value is -1.06. The highest BCUT2D eigenvalue weighted by Crippen LogP contribution is 2.53. The van der Waals surface area contributed by atoms with Gasteiger partial charge in [0.05, 0.1) is 6.04 Å². The second-order valence-corrected chi connectivity index (χ2v) is 6.99. The number of nitrogens with zero attached hydrogens (tertiary/aromatic N) is 1. The summed E-state index contributed by atoms with van der Waals surface area (Å²) in [7, 11) is 0. The Labute approximate surface area is 125 Å². The Morgan fingerprint density at radius 2 is 2.20 bits per heavy atom. The number of piperazine rings is 1. The van der Waals surface area contributed by atoms with Crippen molar-refractivity contribution >= 4 is 17.5 Å². The van der Waals surface area contributed by atoms with Crippen molar-refractivity contribution in [2.24, 2.45) is 11.3 Å². The number of hydrogen-bond donors (Lipinski definition) is 1. The van der Waals surface area contributed by atoms with Crippen molar-refractivity contribution < 1.29 is 4.79 Å². The van der Waals surface area contributed by atoms with E-state index in [4.69, 9.17) is 11.6 Å². The third-order valence-electron chi connectivity index (χ3n) is 4.57. The zero-order valence-corrected chi connectivity index (χ0v) is 12.8. The molecule has 1 N–H and O–H groups in total. The van der Waals surface area contributed by atoms with Crippen LogP contribution in [0.3, 0.4) is 0 Å². The Morgan fingerprint density at radius 1 is 1.45 bits per heavy atom. The Morgan fingerprint density at radius 3 is 2.85 bits per heavy atom. The van der Waals surface area contributed by atoms with Gasteiger partial charge in [-0.05, 0) is 29.5 Å². The van der Waals surface area contributed by atoms with E-state index >= 15 is 0 Å². The lowest BCUT2D eigenvalue weighted by Gasteiger charge is -2.37. The van der Waals surface area contributed by atoms with Gasteiger partial charge in [-0.2, -0.15) is 0 Å². The first kappa shape index (κ1) is 13.9. The van der Waals surface area contributed by atoms with Crippen molar-refractivity contribution in [3.05, 3.63) is 34.9 Å². The first-order chi connectivity index (χ1) is 9.49. The number of carbonyl (C=O) groups is 1. The predicted octanol–water partition coefficient (Wildman–Crippen LogP) is 2.86. The molecule has 0 bridgehead atoms. The molecule has 0 radical (unpaired) electrons. The van der Waals surface area contributed by atoms with Crippen LogP contribution in [0.5, 0.6) is 0 Å². The lowest BCUT2D eigenvalue weighted by Crippen LogP contribution is -2.49. The van der Waals surface area contributed by atoms with E-state index in [0.29, 0.717) is 5.91 Å². The third kappa shape index (κ3) is 2.57. The smallest absolute Gasteiger partial charge is 0.226 e. The average Bonchev–Trinajstić information content (AvgIpc) is 3.07. The van der Waals surface area contributed by atoms with E-state index in [1.807, 2.05) is 23.1 Å². The van der Waals surface area contributed by atoms with Gasteiger partial charge in [0.25, 0.3) is 0 Å². The van der Waals surface area contributed by atoms with Gasteiger partial charge < -0.3 is 10.2 Å². The molecule has 1 aromatic rings. The van der Waals surface area contributed by atoms with Gasteiger partial charge in [-0.15, -0.1) is 0 Å². The fraction of sp³-hybridized carbons (Fsp3) is 0.562.